The normalized spacial score (nSPS) is 10.9. The minimum Gasteiger partial charge on any atom is -0.368 e. The van der Waals surface area contributed by atoms with Crippen LogP contribution in [0.25, 0.3) is 0 Å². The molecule has 0 heterocycles. The Morgan fingerprint density at radius 2 is 1.88 bits per heavy atom. The molecule has 0 aromatic carbocycles. The lowest BCUT2D eigenvalue weighted by Gasteiger charge is -2.14. The molecular weight excluding hydrogens is 208 g/mol. The summed E-state index contributed by atoms with van der Waals surface area (Å²) in [5.74, 6) is -0.968. The highest BCUT2D eigenvalue weighted by Gasteiger charge is 2.09. The van der Waals surface area contributed by atoms with Gasteiger partial charge in [0.2, 0.25) is 11.9 Å². The fourth-order valence-electron chi connectivity index (χ4n) is 1.05. The van der Waals surface area contributed by atoms with Crippen LogP contribution >= 0.6 is 0 Å². The maximum Gasteiger partial charge on any atom is 0.216 e. The topological polar surface area (TPSA) is 132 Å². The van der Waals surface area contributed by atoms with Crippen molar-refractivity contribution in [3.05, 3.63) is 0 Å². The maximum atomic E-state index is 10.7. The molecule has 0 atom stereocenters. The second kappa shape index (κ2) is 7.38. The molecule has 0 aliphatic carbocycles. The molecule has 0 fully saturated rings. The molecule has 90 valence electrons. The van der Waals surface area contributed by atoms with Crippen molar-refractivity contribution in [2.75, 3.05) is 0 Å². The first-order chi connectivity index (χ1) is 7.52. The summed E-state index contributed by atoms with van der Waals surface area (Å²) in [7, 11) is 0. The Labute approximate surface area is 94.5 Å². The largest absolute Gasteiger partial charge is 0.368 e. The summed E-state index contributed by atoms with van der Waals surface area (Å²) < 4.78 is 0. The van der Waals surface area contributed by atoms with Crippen molar-refractivity contribution in [2.24, 2.45) is 16.6 Å². The van der Waals surface area contributed by atoms with Crippen LogP contribution in [0.1, 0.15) is 32.6 Å². The number of nitrogens with one attached hydrogen (secondary N) is 2. The number of hydrazone groups is 1. The van der Waals surface area contributed by atoms with Gasteiger partial charge < -0.3 is 11.5 Å². The highest BCUT2D eigenvalue weighted by atomic mass is 16.1. The minimum atomic E-state index is -0.484. The van der Waals surface area contributed by atoms with Gasteiger partial charge in [-0.3, -0.25) is 15.6 Å². The van der Waals surface area contributed by atoms with Gasteiger partial charge in [0.1, 0.15) is 5.71 Å². The highest BCUT2D eigenvalue weighted by molar-refractivity contribution is 6.28. The molecular formula is C9H18N6O. The van der Waals surface area contributed by atoms with Gasteiger partial charge in [-0.2, -0.15) is 10.1 Å². The fourth-order valence-corrected chi connectivity index (χ4v) is 1.05. The van der Waals surface area contributed by atoms with Crippen LogP contribution < -0.4 is 11.5 Å². The first kappa shape index (κ1) is 14.1. The number of guanidine groups is 2. The molecule has 0 amide bonds. The summed E-state index contributed by atoms with van der Waals surface area (Å²) in [6.45, 7) is 2.05. The molecule has 0 aromatic rings. The van der Waals surface area contributed by atoms with E-state index < -0.39 is 11.9 Å². The molecule has 7 heteroatoms. The van der Waals surface area contributed by atoms with Gasteiger partial charge in [-0.15, -0.1) is 0 Å². The molecule has 0 aliphatic heterocycles. The van der Waals surface area contributed by atoms with E-state index in [4.69, 9.17) is 22.3 Å². The molecule has 0 saturated heterocycles. The number of hydrogen-bond donors (Lipinski definition) is 4. The third-order valence-electron chi connectivity index (χ3n) is 1.86. The molecule has 0 saturated carbocycles. The van der Waals surface area contributed by atoms with Crippen molar-refractivity contribution >= 4 is 23.9 Å². The molecule has 0 unspecified atom stereocenters. The number of hydrogen-bond acceptors (Lipinski definition) is 4. The average molecular weight is 226 g/mol. The second-order valence-corrected chi connectivity index (χ2v) is 3.25. The Morgan fingerprint density at radius 1 is 1.31 bits per heavy atom. The molecule has 0 aromatic heterocycles. The molecule has 7 nitrogen and oxygen atoms in total. The Bertz CT molecular complexity index is 284. The third-order valence-corrected chi connectivity index (χ3v) is 1.86. The number of nitrogens with zero attached hydrogens (tertiary/aromatic N) is 2. The van der Waals surface area contributed by atoms with E-state index in [0.717, 1.165) is 24.3 Å². The summed E-state index contributed by atoms with van der Waals surface area (Å²) in [6, 6.07) is 0. The van der Waals surface area contributed by atoms with E-state index in [2.05, 4.69) is 12.0 Å². The maximum absolute atomic E-state index is 10.7. The Kier molecular flexibility index (Phi) is 6.50. The van der Waals surface area contributed by atoms with Gasteiger partial charge in [0, 0.05) is 0 Å². The summed E-state index contributed by atoms with van der Waals surface area (Å²) in [5, 5.41) is 18.7. The van der Waals surface area contributed by atoms with E-state index in [0.29, 0.717) is 12.7 Å². The van der Waals surface area contributed by atoms with Crippen LogP contribution in [-0.2, 0) is 4.79 Å². The minimum absolute atomic E-state index is 0.235. The number of carbonyl (C=O) groups excluding carboxylic acids is 1. The predicted molar refractivity (Wildman–Crippen MR) is 63.3 cm³/mol. The Morgan fingerprint density at radius 3 is 2.25 bits per heavy atom. The number of nitrogens with two attached hydrogens (primary N) is 2. The SMILES string of the molecule is CCCCC/C(C=O)=N/N(C(=N)N)C(=N)N. The van der Waals surface area contributed by atoms with Gasteiger partial charge in [0.15, 0.2) is 6.29 Å². The van der Waals surface area contributed by atoms with E-state index in [9.17, 15) is 4.79 Å². The molecule has 6 N–H and O–H groups in total. The van der Waals surface area contributed by atoms with Crippen LogP contribution in [0.3, 0.4) is 0 Å². The fraction of sp³-hybridized carbons (Fsp3) is 0.556. The van der Waals surface area contributed by atoms with Crippen LogP contribution in [-0.4, -0.2) is 28.9 Å². The van der Waals surface area contributed by atoms with Crippen molar-refractivity contribution < 1.29 is 4.79 Å². The summed E-state index contributed by atoms with van der Waals surface area (Å²) in [6.07, 6.45) is 3.95. The first-order valence-electron chi connectivity index (χ1n) is 5.03. The highest BCUT2D eigenvalue weighted by Crippen LogP contribution is 2.01. The quantitative estimate of drug-likeness (QED) is 0.169. The van der Waals surface area contributed by atoms with Crippen molar-refractivity contribution in [1.82, 2.24) is 5.01 Å². The van der Waals surface area contributed by atoms with E-state index in [-0.39, 0.29) is 5.71 Å². The van der Waals surface area contributed by atoms with Crippen LogP contribution in [0.4, 0.5) is 0 Å². The molecule has 0 rings (SSSR count). The van der Waals surface area contributed by atoms with Crippen molar-refractivity contribution in [2.45, 2.75) is 32.6 Å². The van der Waals surface area contributed by atoms with E-state index in [1.807, 2.05) is 0 Å². The van der Waals surface area contributed by atoms with Gasteiger partial charge >= 0.3 is 0 Å². The summed E-state index contributed by atoms with van der Waals surface area (Å²) >= 11 is 0. The van der Waals surface area contributed by atoms with E-state index in [1.165, 1.54) is 0 Å². The van der Waals surface area contributed by atoms with Crippen LogP contribution in [0.15, 0.2) is 5.10 Å². The lowest BCUT2D eigenvalue weighted by molar-refractivity contribution is -0.102. The second-order valence-electron chi connectivity index (χ2n) is 3.25. The Balaban J connectivity index is 4.57. The number of unbranched alkanes of at least 4 members (excludes halogenated alkanes) is 2. The first-order valence-corrected chi connectivity index (χ1v) is 5.03. The number of aldehydes is 1. The van der Waals surface area contributed by atoms with Crippen molar-refractivity contribution in [3.63, 3.8) is 0 Å². The van der Waals surface area contributed by atoms with Gasteiger partial charge in [-0.1, -0.05) is 19.8 Å². The van der Waals surface area contributed by atoms with E-state index >= 15 is 0 Å². The lowest BCUT2D eigenvalue weighted by atomic mass is 10.1. The lowest BCUT2D eigenvalue weighted by Crippen LogP contribution is -2.42. The standard InChI is InChI=1S/C9H18N6O/c1-2-3-4-5-7(6-16)14-15(8(10)11)9(12)13/h6H,2-5H2,1H3,(H3,10,11)(H3,12,13)/b14-7-. The number of rotatable bonds is 6. The van der Waals surface area contributed by atoms with Gasteiger partial charge in [0.25, 0.3) is 0 Å². The van der Waals surface area contributed by atoms with Gasteiger partial charge in [0.05, 0.1) is 0 Å². The third kappa shape index (κ3) is 5.08. The summed E-state index contributed by atoms with van der Waals surface area (Å²) in [4.78, 5) is 10.7. The van der Waals surface area contributed by atoms with Gasteiger partial charge in [-0.25, -0.2) is 0 Å². The van der Waals surface area contributed by atoms with E-state index in [1.54, 1.807) is 0 Å². The predicted octanol–water partition coefficient (Wildman–Crippen LogP) is 0.211. The molecule has 0 spiro atoms. The van der Waals surface area contributed by atoms with Crippen LogP contribution in [0.5, 0.6) is 0 Å². The molecule has 0 bridgehead atoms. The zero-order chi connectivity index (χ0) is 12.6. The zero-order valence-corrected chi connectivity index (χ0v) is 9.36. The van der Waals surface area contributed by atoms with Crippen LogP contribution in [0.2, 0.25) is 0 Å². The molecule has 16 heavy (non-hydrogen) atoms. The average Bonchev–Trinajstić information content (AvgIpc) is 2.22. The monoisotopic (exact) mass is 226 g/mol. The summed E-state index contributed by atoms with van der Waals surface area (Å²) in [5.41, 5.74) is 10.6. The zero-order valence-electron chi connectivity index (χ0n) is 9.36. The Hall–Kier alpha value is -1.92. The van der Waals surface area contributed by atoms with Crippen molar-refractivity contribution in [1.29, 1.82) is 10.8 Å². The van der Waals surface area contributed by atoms with Crippen molar-refractivity contribution in [3.8, 4) is 0 Å². The molecule has 0 aliphatic rings. The van der Waals surface area contributed by atoms with Gasteiger partial charge in [-0.05, 0) is 12.8 Å². The van der Waals surface area contributed by atoms with Crippen LogP contribution in [0, 0.1) is 10.8 Å². The number of carbonyl (C=O) groups is 1. The smallest absolute Gasteiger partial charge is 0.216 e. The molecule has 0 radical (unpaired) electrons.